The molecule has 0 heterocycles. The molecule has 0 bridgehead atoms. The molecule has 1 amide bonds. The molecule has 104 valence electrons. The van der Waals surface area contributed by atoms with E-state index in [1.807, 2.05) is 37.3 Å². The highest BCUT2D eigenvalue weighted by atomic mass is 16.1. The number of carbonyl (C=O) groups excluding carboxylic acids is 1. The topological polar surface area (TPSA) is 81.1 Å². The van der Waals surface area contributed by atoms with Gasteiger partial charge < -0.3 is 16.8 Å². The number of nitrogens with two attached hydrogens (primary N) is 2. The van der Waals surface area contributed by atoms with Gasteiger partial charge in [-0.05, 0) is 24.3 Å². The minimum absolute atomic E-state index is 0.0209. The molecule has 1 fully saturated rings. The fourth-order valence-electron chi connectivity index (χ4n) is 2.20. The maximum Gasteiger partial charge on any atom is 0.224 e. The van der Waals surface area contributed by atoms with Crippen LogP contribution in [-0.2, 0) is 4.79 Å². The zero-order chi connectivity index (χ0) is 13.8. The van der Waals surface area contributed by atoms with E-state index in [1.165, 1.54) is 12.8 Å². The van der Waals surface area contributed by atoms with Gasteiger partial charge in [0.2, 0.25) is 5.91 Å². The Morgan fingerprint density at radius 3 is 2.53 bits per heavy atom. The van der Waals surface area contributed by atoms with Crippen molar-refractivity contribution in [1.29, 1.82) is 0 Å². The van der Waals surface area contributed by atoms with E-state index in [0.29, 0.717) is 12.5 Å². The van der Waals surface area contributed by atoms with Gasteiger partial charge in [-0.1, -0.05) is 37.3 Å². The van der Waals surface area contributed by atoms with Gasteiger partial charge in [0.1, 0.15) is 0 Å². The fourth-order valence-corrected chi connectivity index (χ4v) is 2.20. The number of amides is 1. The normalized spacial score (nSPS) is 19.5. The van der Waals surface area contributed by atoms with Crippen molar-refractivity contribution in [3.05, 3.63) is 35.9 Å². The Balaban J connectivity index is 1.84. The molecule has 0 radical (unpaired) electrons. The van der Waals surface area contributed by atoms with Crippen LogP contribution in [0.25, 0.3) is 0 Å². The largest absolute Gasteiger partial charge is 0.354 e. The van der Waals surface area contributed by atoms with Crippen LogP contribution < -0.4 is 16.8 Å². The number of hydrogen-bond donors (Lipinski definition) is 3. The second-order valence-electron chi connectivity index (χ2n) is 5.47. The lowest BCUT2D eigenvalue weighted by Crippen LogP contribution is -2.42. The summed E-state index contributed by atoms with van der Waals surface area (Å²) in [5, 5.41) is 2.91. The van der Waals surface area contributed by atoms with Crippen molar-refractivity contribution < 1.29 is 4.79 Å². The molecule has 3 unspecified atom stereocenters. The summed E-state index contributed by atoms with van der Waals surface area (Å²) in [6, 6.07) is 9.51. The van der Waals surface area contributed by atoms with Gasteiger partial charge in [0.15, 0.2) is 0 Å². The van der Waals surface area contributed by atoms with Gasteiger partial charge in [-0.2, -0.15) is 0 Å². The van der Waals surface area contributed by atoms with E-state index in [9.17, 15) is 4.79 Å². The quantitative estimate of drug-likeness (QED) is 0.719. The Morgan fingerprint density at radius 2 is 1.95 bits per heavy atom. The number of hydrogen-bond acceptors (Lipinski definition) is 3. The highest BCUT2D eigenvalue weighted by molar-refractivity contribution is 5.79. The summed E-state index contributed by atoms with van der Waals surface area (Å²) in [6.07, 6.45) is 2.38. The molecule has 5 N–H and O–H groups in total. The maximum atomic E-state index is 12.1. The molecule has 0 spiro atoms. The first-order valence-corrected chi connectivity index (χ1v) is 6.93. The SMILES string of the molecule is CC(C(=O)NCC(N)C1CC1)C(N)c1ccccc1. The number of nitrogens with one attached hydrogen (secondary N) is 1. The molecule has 1 aliphatic carbocycles. The van der Waals surface area contributed by atoms with Crippen LogP contribution in [0.5, 0.6) is 0 Å². The van der Waals surface area contributed by atoms with Gasteiger partial charge in [-0.3, -0.25) is 4.79 Å². The zero-order valence-electron chi connectivity index (χ0n) is 11.4. The van der Waals surface area contributed by atoms with E-state index < -0.39 is 0 Å². The number of benzene rings is 1. The third-order valence-electron chi connectivity index (χ3n) is 3.88. The summed E-state index contributed by atoms with van der Waals surface area (Å²) < 4.78 is 0. The predicted octanol–water partition coefficient (Wildman–Crippen LogP) is 1.18. The smallest absolute Gasteiger partial charge is 0.224 e. The molecule has 3 atom stereocenters. The van der Waals surface area contributed by atoms with Crippen LogP contribution in [0, 0.1) is 11.8 Å². The lowest BCUT2D eigenvalue weighted by atomic mass is 9.94. The Morgan fingerprint density at radius 1 is 1.32 bits per heavy atom. The molecule has 2 rings (SSSR count). The van der Waals surface area contributed by atoms with Crippen LogP contribution in [0.15, 0.2) is 30.3 Å². The summed E-state index contributed by atoms with van der Waals surface area (Å²) in [4.78, 5) is 12.1. The summed E-state index contributed by atoms with van der Waals surface area (Å²) in [6.45, 7) is 2.41. The fraction of sp³-hybridized carbons (Fsp3) is 0.533. The van der Waals surface area contributed by atoms with Crippen molar-refractivity contribution in [1.82, 2.24) is 5.32 Å². The van der Waals surface area contributed by atoms with E-state index in [0.717, 1.165) is 5.56 Å². The lowest BCUT2D eigenvalue weighted by Gasteiger charge is -2.21. The molecule has 1 aromatic carbocycles. The van der Waals surface area contributed by atoms with Crippen LogP contribution in [0.2, 0.25) is 0 Å². The molecular formula is C15H23N3O. The van der Waals surface area contributed by atoms with Gasteiger partial charge in [-0.25, -0.2) is 0 Å². The first-order chi connectivity index (χ1) is 9.09. The van der Waals surface area contributed by atoms with Crippen molar-refractivity contribution in [3.8, 4) is 0 Å². The molecular weight excluding hydrogens is 238 g/mol. The Hall–Kier alpha value is -1.39. The summed E-state index contributed by atoms with van der Waals surface area (Å²) in [7, 11) is 0. The van der Waals surface area contributed by atoms with Crippen LogP contribution >= 0.6 is 0 Å². The first kappa shape index (κ1) is 14.0. The first-order valence-electron chi connectivity index (χ1n) is 6.93. The van der Waals surface area contributed by atoms with Crippen molar-refractivity contribution in [2.75, 3.05) is 6.54 Å². The summed E-state index contributed by atoms with van der Waals surface area (Å²) >= 11 is 0. The lowest BCUT2D eigenvalue weighted by molar-refractivity contribution is -0.125. The number of rotatable bonds is 6. The minimum atomic E-state index is -0.279. The van der Waals surface area contributed by atoms with Gasteiger partial charge in [0.25, 0.3) is 0 Å². The second-order valence-corrected chi connectivity index (χ2v) is 5.47. The highest BCUT2D eigenvalue weighted by Crippen LogP contribution is 2.31. The molecule has 1 aliphatic rings. The molecule has 0 aliphatic heterocycles. The van der Waals surface area contributed by atoms with Crippen LogP contribution in [-0.4, -0.2) is 18.5 Å². The van der Waals surface area contributed by atoms with Gasteiger partial charge in [-0.15, -0.1) is 0 Å². The third-order valence-corrected chi connectivity index (χ3v) is 3.88. The standard InChI is InChI=1S/C15H23N3O/c1-10(14(17)12-5-3-2-4-6-12)15(19)18-9-13(16)11-7-8-11/h2-6,10-11,13-14H,7-9,16-17H2,1H3,(H,18,19). The van der Waals surface area contributed by atoms with Crippen molar-refractivity contribution >= 4 is 5.91 Å². The highest BCUT2D eigenvalue weighted by Gasteiger charge is 2.29. The predicted molar refractivity (Wildman–Crippen MR) is 76.2 cm³/mol. The average Bonchev–Trinajstić information content (AvgIpc) is 3.28. The Bertz CT molecular complexity index is 417. The van der Waals surface area contributed by atoms with E-state index in [-0.39, 0.29) is 23.9 Å². The molecule has 4 heteroatoms. The van der Waals surface area contributed by atoms with E-state index in [1.54, 1.807) is 0 Å². The van der Waals surface area contributed by atoms with Crippen LogP contribution in [0.4, 0.5) is 0 Å². The Kier molecular flexibility index (Phi) is 4.56. The Labute approximate surface area is 114 Å². The minimum Gasteiger partial charge on any atom is -0.354 e. The number of carbonyl (C=O) groups is 1. The van der Waals surface area contributed by atoms with Gasteiger partial charge in [0, 0.05) is 18.6 Å². The van der Waals surface area contributed by atoms with Crippen molar-refractivity contribution in [2.45, 2.75) is 31.8 Å². The van der Waals surface area contributed by atoms with Gasteiger partial charge >= 0.3 is 0 Å². The van der Waals surface area contributed by atoms with E-state index >= 15 is 0 Å². The average molecular weight is 261 g/mol. The molecule has 1 aromatic rings. The summed E-state index contributed by atoms with van der Waals surface area (Å²) in [5.41, 5.74) is 13.1. The second kappa shape index (κ2) is 6.17. The monoisotopic (exact) mass is 261 g/mol. The van der Waals surface area contributed by atoms with Crippen LogP contribution in [0.1, 0.15) is 31.4 Å². The summed E-state index contributed by atoms with van der Waals surface area (Å²) in [5.74, 6) is 0.319. The van der Waals surface area contributed by atoms with Gasteiger partial charge in [0.05, 0.1) is 5.92 Å². The van der Waals surface area contributed by atoms with Crippen LogP contribution in [0.3, 0.4) is 0 Å². The maximum absolute atomic E-state index is 12.1. The van der Waals surface area contributed by atoms with E-state index in [4.69, 9.17) is 11.5 Å². The van der Waals surface area contributed by atoms with Crippen molar-refractivity contribution in [3.63, 3.8) is 0 Å². The molecule has 0 saturated heterocycles. The molecule has 1 saturated carbocycles. The molecule has 4 nitrogen and oxygen atoms in total. The molecule has 19 heavy (non-hydrogen) atoms. The van der Waals surface area contributed by atoms with Crippen molar-refractivity contribution in [2.24, 2.45) is 23.3 Å². The third kappa shape index (κ3) is 3.78. The molecule has 0 aromatic heterocycles. The van der Waals surface area contributed by atoms with E-state index in [2.05, 4.69) is 5.32 Å². The zero-order valence-corrected chi connectivity index (χ0v) is 11.4.